The Balaban J connectivity index is 1.86. The standard InChI is InChI=1S/C16H20O/c17-16-14-9-5-4-8-13(14)10-11-15(16)12-6-2-1-3-7-12/h2,4-6,8-9,12,15-17H,1,3,7,10-11H2. The summed E-state index contributed by atoms with van der Waals surface area (Å²) in [6.07, 6.45) is 10.4. The van der Waals surface area contributed by atoms with Crippen molar-refractivity contribution >= 4 is 0 Å². The molecule has 3 rings (SSSR count). The first-order valence-corrected chi connectivity index (χ1v) is 6.79. The number of fused-ring (bicyclic) bond motifs is 1. The molecule has 0 bridgehead atoms. The number of aliphatic hydroxyl groups is 1. The quantitative estimate of drug-likeness (QED) is 0.728. The molecule has 0 fully saturated rings. The molecule has 17 heavy (non-hydrogen) atoms. The van der Waals surface area contributed by atoms with Crippen LogP contribution in [0.1, 0.15) is 42.9 Å². The summed E-state index contributed by atoms with van der Waals surface area (Å²) < 4.78 is 0. The highest BCUT2D eigenvalue weighted by Gasteiger charge is 2.32. The first-order chi connectivity index (χ1) is 8.36. The summed E-state index contributed by atoms with van der Waals surface area (Å²) in [7, 11) is 0. The number of hydrogen-bond acceptors (Lipinski definition) is 1. The first-order valence-electron chi connectivity index (χ1n) is 6.79. The van der Waals surface area contributed by atoms with Crippen LogP contribution in [-0.2, 0) is 6.42 Å². The van der Waals surface area contributed by atoms with Crippen LogP contribution in [0.15, 0.2) is 36.4 Å². The Bertz CT molecular complexity index is 421. The lowest BCUT2D eigenvalue weighted by molar-refractivity contribution is 0.0657. The van der Waals surface area contributed by atoms with Crippen molar-refractivity contribution in [2.45, 2.75) is 38.2 Å². The lowest BCUT2D eigenvalue weighted by Crippen LogP contribution is -2.27. The van der Waals surface area contributed by atoms with Gasteiger partial charge < -0.3 is 5.11 Å². The molecule has 0 aliphatic heterocycles. The number of aliphatic hydroxyl groups excluding tert-OH is 1. The third kappa shape index (κ3) is 2.04. The SMILES string of the molecule is OC1c2ccccc2CCC1C1C=CCCC1. The van der Waals surface area contributed by atoms with Crippen molar-refractivity contribution in [3.63, 3.8) is 0 Å². The van der Waals surface area contributed by atoms with E-state index in [2.05, 4.69) is 30.4 Å². The van der Waals surface area contributed by atoms with Gasteiger partial charge in [0.1, 0.15) is 0 Å². The zero-order valence-electron chi connectivity index (χ0n) is 10.2. The summed E-state index contributed by atoms with van der Waals surface area (Å²) in [5.74, 6) is 1.02. The van der Waals surface area contributed by atoms with Gasteiger partial charge in [-0.3, -0.25) is 0 Å². The fraction of sp³-hybridized carbons (Fsp3) is 0.500. The third-order valence-corrected chi connectivity index (χ3v) is 4.37. The van der Waals surface area contributed by atoms with Crippen molar-refractivity contribution in [2.75, 3.05) is 0 Å². The van der Waals surface area contributed by atoms with Crippen LogP contribution in [0.3, 0.4) is 0 Å². The van der Waals surface area contributed by atoms with Crippen LogP contribution in [-0.4, -0.2) is 5.11 Å². The van der Waals surface area contributed by atoms with E-state index in [1.807, 2.05) is 6.07 Å². The Labute approximate surface area is 103 Å². The first kappa shape index (κ1) is 11.0. The predicted octanol–water partition coefficient (Wildman–Crippen LogP) is 3.64. The van der Waals surface area contributed by atoms with Crippen LogP contribution in [0.25, 0.3) is 0 Å². The third-order valence-electron chi connectivity index (χ3n) is 4.37. The molecular weight excluding hydrogens is 208 g/mol. The highest BCUT2D eigenvalue weighted by molar-refractivity contribution is 5.32. The minimum Gasteiger partial charge on any atom is -0.388 e. The molecule has 0 aromatic heterocycles. The van der Waals surface area contributed by atoms with E-state index in [4.69, 9.17) is 0 Å². The Kier molecular flexibility index (Phi) is 3.02. The summed E-state index contributed by atoms with van der Waals surface area (Å²) in [6, 6.07) is 8.37. The number of allylic oxidation sites excluding steroid dienone is 2. The second-order valence-electron chi connectivity index (χ2n) is 5.37. The van der Waals surface area contributed by atoms with Gasteiger partial charge in [-0.1, -0.05) is 36.4 Å². The second kappa shape index (κ2) is 4.66. The van der Waals surface area contributed by atoms with E-state index >= 15 is 0 Å². The van der Waals surface area contributed by atoms with Crippen LogP contribution in [0.4, 0.5) is 0 Å². The van der Waals surface area contributed by atoms with Gasteiger partial charge in [-0.25, -0.2) is 0 Å². The predicted molar refractivity (Wildman–Crippen MR) is 69.7 cm³/mol. The van der Waals surface area contributed by atoms with Crippen molar-refractivity contribution < 1.29 is 5.11 Å². The maximum Gasteiger partial charge on any atom is 0.0826 e. The molecule has 0 saturated heterocycles. The van der Waals surface area contributed by atoms with Gasteiger partial charge in [0.15, 0.2) is 0 Å². The maximum absolute atomic E-state index is 10.5. The molecule has 0 saturated carbocycles. The van der Waals surface area contributed by atoms with Gasteiger partial charge >= 0.3 is 0 Å². The Morgan fingerprint density at radius 3 is 2.82 bits per heavy atom. The van der Waals surface area contributed by atoms with Gasteiger partial charge in [0.2, 0.25) is 0 Å². The van der Waals surface area contributed by atoms with Crippen LogP contribution in [0.5, 0.6) is 0 Å². The topological polar surface area (TPSA) is 20.2 Å². The molecule has 90 valence electrons. The summed E-state index contributed by atoms with van der Waals surface area (Å²) in [6.45, 7) is 0. The van der Waals surface area contributed by atoms with Gasteiger partial charge in [0.25, 0.3) is 0 Å². The summed E-state index contributed by atoms with van der Waals surface area (Å²) in [5, 5.41) is 10.5. The minimum atomic E-state index is -0.257. The number of hydrogen-bond donors (Lipinski definition) is 1. The Morgan fingerprint density at radius 2 is 2.00 bits per heavy atom. The molecular formula is C16H20O. The number of benzene rings is 1. The number of rotatable bonds is 1. The van der Waals surface area contributed by atoms with Gasteiger partial charge in [-0.05, 0) is 55.1 Å². The van der Waals surface area contributed by atoms with Crippen LogP contribution in [0, 0.1) is 11.8 Å². The number of aryl methyl sites for hydroxylation is 1. The molecule has 1 N–H and O–H groups in total. The van der Waals surface area contributed by atoms with Crippen molar-refractivity contribution in [3.8, 4) is 0 Å². The highest BCUT2D eigenvalue weighted by Crippen LogP contribution is 2.41. The molecule has 2 aliphatic rings. The molecule has 2 aliphatic carbocycles. The summed E-state index contributed by atoms with van der Waals surface area (Å²) in [4.78, 5) is 0. The molecule has 1 aromatic rings. The van der Waals surface area contributed by atoms with E-state index in [0.29, 0.717) is 11.8 Å². The lowest BCUT2D eigenvalue weighted by Gasteiger charge is -2.35. The second-order valence-corrected chi connectivity index (χ2v) is 5.37. The fourth-order valence-corrected chi connectivity index (χ4v) is 3.40. The van der Waals surface area contributed by atoms with E-state index in [1.165, 1.54) is 30.4 Å². The molecule has 3 unspecified atom stereocenters. The zero-order chi connectivity index (χ0) is 11.7. The summed E-state index contributed by atoms with van der Waals surface area (Å²) >= 11 is 0. The van der Waals surface area contributed by atoms with E-state index in [9.17, 15) is 5.11 Å². The fourth-order valence-electron chi connectivity index (χ4n) is 3.40. The molecule has 3 atom stereocenters. The van der Waals surface area contributed by atoms with Gasteiger partial charge in [0.05, 0.1) is 6.10 Å². The zero-order valence-corrected chi connectivity index (χ0v) is 10.2. The maximum atomic E-state index is 10.5. The monoisotopic (exact) mass is 228 g/mol. The van der Waals surface area contributed by atoms with Crippen molar-refractivity contribution in [2.24, 2.45) is 11.8 Å². The van der Waals surface area contributed by atoms with Crippen LogP contribution >= 0.6 is 0 Å². The molecule has 0 radical (unpaired) electrons. The Morgan fingerprint density at radius 1 is 1.12 bits per heavy atom. The van der Waals surface area contributed by atoms with Crippen LogP contribution in [0.2, 0.25) is 0 Å². The molecule has 1 nitrogen and oxygen atoms in total. The van der Waals surface area contributed by atoms with Crippen molar-refractivity contribution in [3.05, 3.63) is 47.5 Å². The molecule has 0 amide bonds. The molecule has 1 heteroatoms. The van der Waals surface area contributed by atoms with Crippen molar-refractivity contribution in [1.82, 2.24) is 0 Å². The average molecular weight is 228 g/mol. The molecule has 1 aromatic carbocycles. The minimum absolute atomic E-state index is 0.257. The van der Waals surface area contributed by atoms with Crippen molar-refractivity contribution in [1.29, 1.82) is 0 Å². The summed E-state index contributed by atoms with van der Waals surface area (Å²) in [5.41, 5.74) is 2.51. The normalized spacial score (nSPS) is 32.2. The van der Waals surface area contributed by atoms with E-state index in [-0.39, 0.29) is 6.10 Å². The van der Waals surface area contributed by atoms with Gasteiger partial charge in [-0.2, -0.15) is 0 Å². The lowest BCUT2D eigenvalue weighted by atomic mass is 9.72. The van der Waals surface area contributed by atoms with E-state index in [0.717, 1.165) is 12.8 Å². The average Bonchev–Trinajstić information content (AvgIpc) is 2.40. The molecule has 0 spiro atoms. The van der Waals surface area contributed by atoms with Gasteiger partial charge in [-0.15, -0.1) is 0 Å². The van der Waals surface area contributed by atoms with Crippen LogP contribution < -0.4 is 0 Å². The smallest absolute Gasteiger partial charge is 0.0826 e. The molecule has 0 heterocycles. The Hall–Kier alpha value is -1.08. The van der Waals surface area contributed by atoms with E-state index < -0.39 is 0 Å². The highest BCUT2D eigenvalue weighted by atomic mass is 16.3. The van der Waals surface area contributed by atoms with E-state index in [1.54, 1.807) is 0 Å². The largest absolute Gasteiger partial charge is 0.388 e. The van der Waals surface area contributed by atoms with Gasteiger partial charge in [0, 0.05) is 0 Å².